The van der Waals surface area contributed by atoms with Crippen molar-refractivity contribution in [1.82, 2.24) is 9.78 Å². The summed E-state index contributed by atoms with van der Waals surface area (Å²) in [5.74, 6) is -0.839. The van der Waals surface area contributed by atoms with Crippen molar-refractivity contribution in [3.05, 3.63) is 11.4 Å². The number of aliphatic carboxylic acids is 1. The van der Waals surface area contributed by atoms with E-state index >= 15 is 0 Å². The van der Waals surface area contributed by atoms with Gasteiger partial charge in [0.25, 0.3) is 0 Å². The molecular weight excluding hydrogens is 194 g/mol. The van der Waals surface area contributed by atoms with Crippen LogP contribution in [0.5, 0.6) is 0 Å². The molecule has 0 aliphatic rings. The number of aromatic nitrogens is 2. The molecule has 0 aliphatic carbocycles. The van der Waals surface area contributed by atoms with Gasteiger partial charge in [-0.2, -0.15) is 5.10 Å². The lowest BCUT2D eigenvalue weighted by atomic mass is 9.94. The van der Waals surface area contributed by atoms with Crippen molar-refractivity contribution in [2.24, 2.45) is 5.41 Å². The van der Waals surface area contributed by atoms with Gasteiger partial charge in [0, 0.05) is 0 Å². The molecule has 1 aromatic heterocycles. The van der Waals surface area contributed by atoms with Gasteiger partial charge in [0.05, 0.1) is 29.0 Å². The molecule has 0 saturated heterocycles. The normalized spacial score (nSPS) is 11.7. The third-order valence-electron chi connectivity index (χ3n) is 2.56. The number of nitrogens with zero attached hydrogens (tertiary/aromatic N) is 2. The molecule has 15 heavy (non-hydrogen) atoms. The van der Waals surface area contributed by atoms with Gasteiger partial charge in [-0.1, -0.05) is 0 Å². The van der Waals surface area contributed by atoms with Crippen molar-refractivity contribution in [1.29, 1.82) is 0 Å². The topological polar surface area (TPSA) is 81.1 Å². The van der Waals surface area contributed by atoms with Crippen LogP contribution >= 0.6 is 0 Å². The summed E-state index contributed by atoms with van der Waals surface area (Å²) in [4.78, 5) is 11.0. The predicted molar refractivity (Wildman–Crippen MR) is 57.5 cm³/mol. The molecule has 1 aromatic rings. The second kappa shape index (κ2) is 3.56. The van der Waals surface area contributed by atoms with Crippen LogP contribution in [0.25, 0.3) is 0 Å². The first-order valence-electron chi connectivity index (χ1n) is 4.78. The Morgan fingerprint density at radius 3 is 2.40 bits per heavy atom. The fraction of sp³-hybridized carbons (Fsp3) is 0.600. The van der Waals surface area contributed by atoms with E-state index in [0.717, 1.165) is 11.4 Å². The molecule has 84 valence electrons. The van der Waals surface area contributed by atoms with Gasteiger partial charge < -0.3 is 10.8 Å². The van der Waals surface area contributed by atoms with E-state index in [1.165, 1.54) is 0 Å². The first-order valence-corrected chi connectivity index (χ1v) is 4.78. The number of hydrogen-bond donors (Lipinski definition) is 2. The van der Waals surface area contributed by atoms with Crippen molar-refractivity contribution in [2.45, 2.75) is 34.2 Å². The lowest BCUT2D eigenvalue weighted by Gasteiger charge is -2.19. The van der Waals surface area contributed by atoms with Crippen LogP contribution in [-0.2, 0) is 11.3 Å². The molecule has 5 heteroatoms. The summed E-state index contributed by atoms with van der Waals surface area (Å²) in [6, 6.07) is 0. The molecule has 1 rings (SSSR count). The average Bonchev–Trinajstić information content (AvgIpc) is 2.33. The number of anilines is 1. The maximum absolute atomic E-state index is 11.0. The van der Waals surface area contributed by atoms with Gasteiger partial charge in [-0.25, -0.2) is 0 Å². The fourth-order valence-electron chi connectivity index (χ4n) is 1.31. The van der Waals surface area contributed by atoms with Crippen LogP contribution < -0.4 is 5.73 Å². The SMILES string of the molecule is Cc1nn(CC(C)(C)C(=O)O)c(C)c1N. The largest absolute Gasteiger partial charge is 0.481 e. The number of aryl methyl sites for hydroxylation is 1. The van der Waals surface area contributed by atoms with Gasteiger partial charge in [0.1, 0.15) is 0 Å². The maximum Gasteiger partial charge on any atom is 0.310 e. The lowest BCUT2D eigenvalue weighted by Crippen LogP contribution is -2.30. The molecule has 0 bridgehead atoms. The van der Waals surface area contributed by atoms with Crippen LogP contribution in [0.3, 0.4) is 0 Å². The lowest BCUT2D eigenvalue weighted by molar-refractivity contribution is -0.147. The molecule has 0 aromatic carbocycles. The fourth-order valence-corrected chi connectivity index (χ4v) is 1.31. The highest BCUT2D eigenvalue weighted by atomic mass is 16.4. The predicted octanol–water partition coefficient (Wildman–Crippen LogP) is 1.19. The molecule has 0 fully saturated rings. The monoisotopic (exact) mass is 211 g/mol. The second-order valence-corrected chi connectivity index (χ2v) is 4.43. The van der Waals surface area contributed by atoms with E-state index in [1.54, 1.807) is 18.5 Å². The summed E-state index contributed by atoms with van der Waals surface area (Å²) < 4.78 is 1.65. The zero-order valence-corrected chi connectivity index (χ0v) is 9.53. The number of nitrogen functional groups attached to an aromatic ring is 1. The number of carbonyl (C=O) groups is 1. The van der Waals surface area contributed by atoms with Crippen LogP contribution in [0, 0.1) is 19.3 Å². The standard InChI is InChI=1S/C10H17N3O2/c1-6-8(11)7(2)13(12-6)5-10(3,4)9(14)15/h5,11H2,1-4H3,(H,14,15). The highest BCUT2D eigenvalue weighted by Crippen LogP contribution is 2.22. The summed E-state index contributed by atoms with van der Waals surface area (Å²) in [7, 11) is 0. The highest BCUT2D eigenvalue weighted by molar-refractivity contribution is 5.73. The summed E-state index contributed by atoms with van der Waals surface area (Å²) in [6.07, 6.45) is 0. The molecule has 0 spiro atoms. The minimum atomic E-state index is -0.839. The minimum absolute atomic E-state index is 0.326. The zero-order chi connectivity index (χ0) is 11.8. The molecule has 5 nitrogen and oxygen atoms in total. The Kier molecular flexibility index (Phi) is 2.75. The van der Waals surface area contributed by atoms with Gasteiger partial charge in [-0.3, -0.25) is 9.48 Å². The second-order valence-electron chi connectivity index (χ2n) is 4.43. The number of carboxylic acids is 1. The van der Waals surface area contributed by atoms with E-state index in [-0.39, 0.29) is 0 Å². The average molecular weight is 211 g/mol. The van der Waals surface area contributed by atoms with Crippen LogP contribution in [-0.4, -0.2) is 20.9 Å². The zero-order valence-electron chi connectivity index (χ0n) is 9.53. The quantitative estimate of drug-likeness (QED) is 0.787. The van der Waals surface area contributed by atoms with E-state index in [1.807, 2.05) is 13.8 Å². The molecule has 0 atom stereocenters. The molecule has 1 heterocycles. The first-order chi connectivity index (χ1) is 6.75. The van der Waals surface area contributed by atoms with E-state index in [0.29, 0.717) is 12.2 Å². The number of hydrogen-bond acceptors (Lipinski definition) is 3. The Bertz CT molecular complexity index is 394. The number of nitrogens with two attached hydrogens (primary N) is 1. The van der Waals surface area contributed by atoms with E-state index < -0.39 is 11.4 Å². The molecule has 0 aliphatic heterocycles. The molecule has 0 radical (unpaired) electrons. The Balaban J connectivity index is 3.00. The number of carboxylic acid groups (broad SMARTS) is 1. The minimum Gasteiger partial charge on any atom is -0.481 e. The highest BCUT2D eigenvalue weighted by Gasteiger charge is 2.29. The Labute approximate surface area is 88.9 Å². The van der Waals surface area contributed by atoms with Crippen LogP contribution in [0.1, 0.15) is 25.2 Å². The molecular formula is C10H17N3O2. The maximum atomic E-state index is 11.0. The van der Waals surface area contributed by atoms with E-state index in [2.05, 4.69) is 5.10 Å². The van der Waals surface area contributed by atoms with Crippen LogP contribution in [0.4, 0.5) is 5.69 Å². The van der Waals surface area contributed by atoms with Crippen molar-refractivity contribution >= 4 is 11.7 Å². The van der Waals surface area contributed by atoms with Gasteiger partial charge in [0.15, 0.2) is 0 Å². The summed E-state index contributed by atoms with van der Waals surface area (Å²) in [5, 5.41) is 13.2. The Morgan fingerprint density at radius 2 is 2.07 bits per heavy atom. The van der Waals surface area contributed by atoms with Crippen LogP contribution in [0.15, 0.2) is 0 Å². The summed E-state index contributed by atoms with van der Waals surface area (Å²) >= 11 is 0. The molecule has 3 N–H and O–H groups in total. The molecule has 0 saturated carbocycles. The smallest absolute Gasteiger partial charge is 0.310 e. The van der Waals surface area contributed by atoms with Crippen molar-refractivity contribution in [3.8, 4) is 0 Å². The van der Waals surface area contributed by atoms with E-state index in [4.69, 9.17) is 10.8 Å². The summed E-state index contributed by atoms with van der Waals surface area (Å²) in [6.45, 7) is 7.32. The third-order valence-corrected chi connectivity index (χ3v) is 2.56. The van der Waals surface area contributed by atoms with Crippen LogP contribution in [0.2, 0.25) is 0 Å². The van der Waals surface area contributed by atoms with Crippen molar-refractivity contribution < 1.29 is 9.90 Å². The van der Waals surface area contributed by atoms with Gasteiger partial charge in [-0.15, -0.1) is 0 Å². The molecule has 0 unspecified atom stereocenters. The molecule has 0 amide bonds. The van der Waals surface area contributed by atoms with E-state index in [9.17, 15) is 4.79 Å². The first kappa shape index (κ1) is 11.6. The van der Waals surface area contributed by atoms with Crippen molar-refractivity contribution in [2.75, 3.05) is 5.73 Å². The van der Waals surface area contributed by atoms with Gasteiger partial charge in [-0.05, 0) is 27.7 Å². The van der Waals surface area contributed by atoms with Crippen molar-refractivity contribution in [3.63, 3.8) is 0 Å². The summed E-state index contributed by atoms with van der Waals surface area (Å²) in [5.41, 5.74) is 7.13. The van der Waals surface area contributed by atoms with Gasteiger partial charge in [0.2, 0.25) is 0 Å². The number of rotatable bonds is 3. The third kappa shape index (κ3) is 2.11. The Morgan fingerprint density at radius 1 is 1.53 bits per heavy atom. The Hall–Kier alpha value is -1.52. The van der Waals surface area contributed by atoms with Gasteiger partial charge >= 0.3 is 5.97 Å².